The Hall–Kier alpha value is -1.52. The Bertz CT molecular complexity index is 675. The van der Waals surface area contributed by atoms with Crippen LogP contribution in [0.4, 0.5) is 5.69 Å². The third kappa shape index (κ3) is 3.39. The Morgan fingerprint density at radius 2 is 1.95 bits per heavy atom. The van der Waals surface area contributed by atoms with Crippen molar-refractivity contribution in [1.29, 1.82) is 0 Å². The lowest BCUT2D eigenvalue weighted by Crippen LogP contribution is -2.22. The molecule has 0 aliphatic heterocycles. The van der Waals surface area contributed by atoms with E-state index >= 15 is 0 Å². The van der Waals surface area contributed by atoms with E-state index in [-0.39, 0.29) is 11.6 Å². The highest BCUT2D eigenvalue weighted by atomic mass is 79.9. The lowest BCUT2D eigenvalue weighted by molar-refractivity contribution is 0.0697. The van der Waals surface area contributed by atoms with Gasteiger partial charge in [-0.2, -0.15) is 0 Å². The van der Waals surface area contributed by atoms with Crippen molar-refractivity contribution in [2.24, 2.45) is 0 Å². The zero-order chi connectivity index (χ0) is 15.6. The smallest absolute Gasteiger partial charge is 0.335 e. The topological polar surface area (TPSA) is 40.5 Å². The van der Waals surface area contributed by atoms with Gasteiger partial charge in [-0.3, -0.25) is 0 Å². The molecule has 3 nitrogen and oxygen atoms in total. The maximum atomic E-state index is 11.0. The minimum Gasteiger partial charge on any atom is -0.478 e. The number of hydrogen-bond donors (Lipinski definition) is 1. The average Bonchev–Trinajstić information content (AvgIpc) is 2.46. The first-order valence-corrected chi connectivity index (χ1v) is 7.59. The second-order valence-corrected chi connectivity index (χ2v) is 6.04. The summed E-state index contributed by atoms with van der Waals surface area (Å²) in [7, 11) is 1.95. The molecule has 0 aliphatic carbocycles. The van der Waals surface area contributed by atoms with E-state index in [0.717, 1.165) is 20.7 Å². The van der Waals surface area contributed by atoms with E-state index in [0.29, 0.717) is 0 Å². The van der Waals surface area contributed by atoms with Gasteiger partial charge in [-0.1, -0.05) is 29.8 Å². The highest BCUT2D eigenvalue weighted by molar-refractivity contribution is 9.10. The van der Waals surface area contributed by atoms with Crippen molar-refractivity contribution in [3.63, 3.8) is 0 Å². The van der Waals surface area contributed by atoms with Crippen LogP contribution >= 0.6 is 27.5 Å². The summed E-state index contributed by atoms with van der Waals surface area (Å²) in [5, 5.41) is 9.73. The molecule has 0 amide bonds. The van der Waals surface area contributed by atoms with Gasteiger partial charge in [0, 0.05) is 16.5 Å². The molecule has 2 aromatic rings. The fourth-order valence-corrected chi connectivity index (χ4v) is 3.11. The standard InChI is InChI=1S/C16H15BrClNO2/c1-10(12-5-3-4-6-14(12)18)19(2)15-8-7-11(16(20)21)9-13(15)17/h3-10H,1-2H3,(H,20,21). The van der Waals surface area contributed by atoms with Gasteiger partial charge in [0.15, 0.2) is 0 Å². The molecule has 0 fully saturated rings. The van der Waals surface area contributed by atoms with E-state index in [1.54, 1.807) is 18.2 Å². The number of rotatable bonds is 4. The Morgan fingerprint density at radius 3 is 2.52 bits per heavy atom. The van der Waals surface area contributed by atoms with Crippen molar-refractivity contribution in [2.75, 3.05) is 11.9 Å². The number of aromatic carboxylic acids is 1. The number of carboxylic acid groups (broad SMARTS) is 1. The Balaban J connectivity index is 2.34. The van der Waals surface area contributed by atoms with Crippen molar-refractivity contribution in [3.8, 4) is 0 Å². The Labute approximate surface area is 137 Å². The highest BCUT2D eigenvalue weighted by Crippen LogP contribution is 2.34. The van der Waals surface area contributed by atoms with Crippen molar-refractivity contribution in [2.45, 2.75) is 13.0 Å². The molecular formula is C16H15BrClNO2. The molecule has 5 heteroatoms. The molecule has 0 aliphatic rings. The molecule has 0 radical (unpaired) electrons. The summed E-state index contributed by atoms with van der Waals surface area (Å²) in [6.45, 7) is 2.05. The summed E-state index contributed by atoms with van der Waals surface area (Å²) >= 11 is 9.68. The molecule has 0 heterocycles. The Morgan fingerprint density at radius 1 is 1.29 bits per heavy atom. The first-order chi connectivity index (χ1) is 9.91. The molecule has 1 atom stereocenters. The predicted molar refractivity (Wildman–Crippen MR) is 89.4 cm³/mol. The van der Waals surface area contributed by atoms with Crippen LogP contribution in [0.3, 0.4) is 0 Å². The first kappa shape index (κ1) is 15.9. The fourth-order valence-electron chi connectivity index (χ4n) is 2.16. The minimum atomic E-state index is -0.941. The molecular weight excluding hydrogens is 354 g/mol. The van der Waals surface area contributed by atoms with Crippen LogP contribution in [0, 0.1) is 0 Å². The third-order valence-electron chi connectivity index (χ3n) is 3.51. The molecule has 0 bridgehead atoms. The summed E-state index contributed by atoms with van der Waals surface area (Å²) < 4.78 is 0.740. The van der Waals surface area contributed by atoms with Gasteiger partial charge in [0.25, 0.3) is 0 Å². The second kappa shape index (κ2) is 6.50. The van der Waals surface area contributed by atoms with Gasteiger partial charge >= 0.3 is 5.97 Å². The van der Waals surface area contributed by atoms with E-state index < -0.39 is 5.97 Å². The van der Waals surface area contributed by atoms with Crippen LogP contribution in [-0.4, -0.2) is 18.1 Å². The lowest BCUT2D eigenvalue weighted by Gasteiger charge is -2.29. The quantitative estimate of drug-likeness (QED) is 0.825. The number of nitrogens with zero attached hydrogens (tertiary/aromatic N) is 1. The van der Waals surface area contributed by atoms with E-state index in [4.69, 9.17) is 16.7 Å². The molecule has 1 N–H and O–H groups in total. The van der Waals surface area contributed by atoms with Crippen LogP contribution in [0.15, 0.2) is 46.9 Å². The summed E-state index contributed by atoms with van der Waals surface area (Å²) in [6.07, 6.45) is 0. The molecule has 0 aromatic heterocycles. The second-order valence-electron chi connectivity index (χ2n) is 4.78. The van der Waals surface area contributed by atoms with E-state index in [1.807, 2.05) is 31.3 Å². The third-order valence-corrected chi connectivity index (χ3v) is 4.49. The van der Waals surface area contributed by atoms with Crippen LogP contribution in [0.5, 0.6) is 0 Å². The van der Waals surface area contributed by atoms with Crippen molar-refractivity contribution in [3.05, 3.63) is 63.1 Å². The van der Waals surface area contributed by atoms with Crippen molar-refractivity contribution >= 4 is 39.2 Å². The van der Waals surface area contributed by atoms with Crippen LogP contribution < -0.4 is 4.90 Å². The maximum absolute atomic E-state index is 11.0. The summed E-state index contributed by atoms with van der Waals surface area (Å²) in [5.74, 6) is -0.941. The number of anilines is 1. The summed E-state index contributed by atoms with van der Waals surface area (Å²) in [4.78, 5) is 13.0. The van der Waals surface area contributed by atoms with E-state index in [2.05, 4.69) is 27.8 Å². The monoisotopic (exact) mass is 367 g/mol. The molecule has 2 rings (SSSR count). The summed E-state index contributed by atoms with van der Waals surface area (Å²) in [5.41, 5.74) is 2.19. The van der Waals surface area contributed by atoms with E-state index in [9.17, 15) is 4.79 Å². The maximum Gasteiger partial charge on any atom is 0.335 e. The number of carbonyl (C=O) groups is 1. The molecule has 1 unspecified atom stereocenters. The van der Waals surface area contributed by atoms with Gasteiger partial charge < -0.3 is 10.0 Å². The largest absolute Gasteiger partial charge is 0.478 e. The predicted octanol–water partition coefficient (Wildman–Crippen LogP) is 5.00. The minimum absolute atomic E-state index is 0.0608. The van der Waals surface area contributed by atoms with Gasteiger partial charge in [-0.05, 0) is 52.7 Å². The molecule has 0 saturated carbocycles. The van der Waals surface area contributed by atoms with Gasteiger partial charge in [0.2, 0.25) is 0 Å². The zero-order valence-corrected chi connectivity index (χ0v) is 14.0. The van der Waals surface area contributed by atoms with Gasteiger partial charge in [0.1, 0.15) is 0 Å². The van der Waals surface area contributed by atoms with Crippen LogP contribution in [-0.2, 0) is 0 Å². The van der Waals surface area contributed by atoms with Crippen molar-refractivity contribution < 1.29 is 9.90 Å². The fraction of sp³-hybridized carbons (Fsp3) is 0.188. The number of carboxylic acids is 1. The number of benzene rings is 2. The molecule has 0 saturated heterocycles. The first-order valence-electron chi connectivity index (χ1n) is 6.42. The van der Waals surface area contributed by atoms with Crippen molar-refractivity contribution in [1.82, 2.24) is 0 Å². The van der Waals surface area contributed by atoms with Crippen LogP contribution in [0.25, 0.3) is 0 Å². The van der Waals surface area contributed by atoms with Gasteiger partial charge in [-0.25, -0.2) is 4.79 Å². The number of hydrogen-bond acceptors (Lipinski definition) is 2. The Kier molecular flexibility index (Phi) is 4.91. The highest BCUT2D eigenvalue weighted by Gasteiger charge is 2.17. The SMILES string of the molecule is CC(c1ccccc1Cl)N(C)c1ccc(C(=O)O)cc1Br. The van der Waals surface area contributed by atoms with E-state index in [1.165, 1.54) is 0 Å². The molecule has 110 valence electrons. The average molecular weight is 369 g/mol. The van der Waals surface area contributed by atoms with Gasteiger partial charge in [0.05, 0.1) is 17.3 Å². The lowest BCUT2D eigenvalue weighted by atomic mass is 10.1. The van der Waals surface area contributed by atoms with Crippen LogP contribution in [0.2, 0.25) is 5.02 Å². The molecule has 2 aromatic carbocycles. The molecule has 21 heavy (non-hydrogen) atoms. The summed E-state index contributed by atoms with van der Waals surface area (Å²) in [6, 6.07) is 12.8. The normalized spacial score (nSPS) is 12.0. The number of halogens is 2. The zero-order valence-electron chi connectivity index (χ0n) is 11.7. The van der Waals surface area contributed by atoms with Gasteiger partial charge in [-0.15, -0.1) is 0 Å². The van der Waals surface area contributed by atoms with Crippen LogP contribution in [0.1, 0.15) is 28.9 Å². The molecule has 0 spiro atoms.